The Bertz CT molecular complexity index is 646. The van der Waals surface area contributed by atoms with E-state index < -0.39 is 24.0 Å². The Morgan fingerprint density at radius 2 is 1.76 bits per heavy atom. The summed E-state index contributed by atoms with van der Waals surface area (Å²) in [4.78, 5) is 46.2. The van der Waals surface area contributed by atoms with Crippen molar-refractivity contribution >= 4 is 41.3 Å². The smallest absolute Gasteiger partial charge is 0.318 e. The van der Waals surface area contributed by atoms with Gasteiger partial charge < -0.3 is 15.8 Å². The number of nitrogens with two attached hydrogens (primary N) is 1. The van der Waals surface area contributed by atoms with E-state index in [0.29, 0.717) is 5.69 Å². The molecule has 0 fully saturated rings. The van der Waals surface area contributed by atoms with Crippen LogP contribution in [-0.4, -0.2) is 35.7 Å². The molecule has 1 rings (SSSR count). The highest BCUT2D eigenvalue weighted by molar-refractivity contribution is 8.00. The van der Waals surface area contributed by atoms with E-state index in [4.69, 9.17) is 10.5 Å². The van der Waals surface area contributed by atoms with Crippen molar-refractivity contribution in [1.82, 2.24) is 5.32 Å². The van der Waals surface area contributed by atoms with Gasteiger partial charge in [-0.3, -0.25) is 19.7 Å². The fourth-order valence-electron chi connectivity index (χ4n) is 1.84. The number of nitrogens with one attached hydrogen (secondary N) is 2. The van der Waals surface area contributed by atoms with Crippen LogP contribution in [0.5, 0.6) is 0 Å². The Morgan fingerprint density at radius 3 is 2.24 bits per heavy atom. The third-order valence-corrected chi connectivity index (χ3v) is 3.89. The fraction of sp³-hybridized carbons (Fsp3) is 0.375. The lowest BCUT2D eigenvalue weighted by atomic mass is 10.1. The molecule has 0 radical (unpaired) electrons. The van der Waals surface area contributed by atoms with Crippen LogP contribution in [0.1, 0.15) is 20.8 Å². The van der Waals surface area contributed by atoms with E-state index in [0.717, 1.165) is 4.90 Å². The minimum atomic E-state index is -1.09. The van der Waals surface area contributed by atoms with E-state index in [1.165, 1.54) is 18.7 Å². The standard InChI is InChI=1S/C16H21N3O5S/c1-9(2)14(15(22)19-16(17)23)24-13(21)8-25-12-6-4-11(5-7-12)18-10(3)20/h4-7,9,14H,8H2,1-3H3,(H,18,20)(H3,17,19,22,23)/t14-/m0/s1. The molecular formula is C16H21N3O5S. The predicted octanol–water partition coefficient (Wildman–Crippen LogP) is 1.50. The number of carbonyl (C=O) groups is 4. The molecule has 0 aliphatic rings. The molecule has 136 valence electrons. The first-order chi connectivity index (χ1) is 11.7. The number of primary amides is 1. The molecule has 1 aromatic rings. The van der Waals surface area contributed by atoms with Gasteiger partial charge in [-0.25, -0.2) is 4.79 Å². The van der Waals surface area contributed by atoms with Gasteiger partial charge in [-0.2, -0.15) is 0 Å². The number of rotatable bonds is 7. The van der Waals surface area contributed by atoms with Crippen LogP contribution < -0.4 is 16.4 Å². The minimum absolute atomic E-state index is 0.00739. The number of urea groups is 1. The summed E-state index contributed by atoms with van der Waals surface area (Å²) in [5.41, 5.74) is 5.55. The number of esters is 1. The van der Waals surface area contributed by atoms with Crippen molar-refractivity contribution in [3.05, 3.63) is 24.3 Å². The Hall–Kier alpha value is -2.55. The Kier molecular flexibility index (Phi) is 7.93. The molecule has 1 aromatic carbocycles. The van der Waals surface area contributed by atoms with Gasteiger partial charge in [-0.15, -0.1) is 11.8 Å². The van der Waals surface area contributed by atoms with Gasteiger partial charge in [0, 0.05) is 17.5 Å². The topological polar surface area (TPSA) is 128 Å². The van der Waals surface area contributed by atoms with E-state index >= 15 is 0 Å². The molecule has 0 saturated heterocycles. The van der Waals surface area contributed by atoms with Gasteiger partial charge in [-0.1, -0.05) is 13.8 Å². The first kappa shape index (κ1) is 20.5. The molecule has 0 unspecified atom stereocenters. The van der Waals surface area contributed by atoms with E-state index in [2.05, 4.69) is 5.32 Å². The van der Waals surface area contributed by atoms with E-state index in [1.807, 2.05) is 5.32 Å². The summed E-state index contributed by atoms with van der Waals surface area (Å²) < 4.78 is 5.14. The maximum absolute atomic E-state index is 11.9. The lowest BCUT2D eigenvalue weighted by molar-refractivity contribution is -0.155. The number of imide groups is 1. The number of amides is 4. The second-order valence-corrected chi connectivity index (χ2v) is 6.55. The molecule has 0 aliphatic carbocycles. The van der Waals surface area contributed by atoms with Crippen LogP contribution in [0.2, 0.25) is 0 Å². The van der Waals surface area contributed by atoms with Crippen molar-refractivity contribution in [3.63, 3.8) is 0 Å². The van der Waals surface area contributed by atoms with Crippen molar-refractivity contribution in [3.8, 4) is 0 Å². The highest BCUT2D eigenvalue weighted by Crippen LogP contribution is 2.21. The normalized spacial score (nSPS) is 11.5. The molecule has 8 nitrogen and oxygen atoms in total. The van der Waals surface area contributed by atoms with Crippen LogP contribution in [0.3, 0.4) is 0 Å². The van der Waals surface area contributed by atoms with Crippen molar-refractivity contribution in [1.29, 1.82) is 0 Å². The van der Waals surface area contributed by atoms with Gasteiger partial charge in [0.2, 0.25) is 5.91 Å². The lowest BCUT2D eigenvalue weighted by Crippen LogP contribution is -2.45. The van der Waals surface area contributed by atoms with Crippen molar-refractivity contribution in [2.45, 2.75) is 31.8 Å². The Labute approximate surface area is 149 Å². The number of anilines is 1. The molecule has 0 saturated carbocycles. The first-order valence-electron chi connectivity index (χ1n) is 7.49. The van der Waals surface area contributed by atoms with Crippen LogP contribution in [0.25, 0.3) is 0 Å². The van der Waals surface area contributed by atoms with Gasteiger partial charge >= 0.3 is 12.0 Å². The summed E-state index contributed by atoms with van der Waals surface area (Å²) in [6, 6.07) is 5.94. The molecule has 4 N–H and O–H groups in total. The van der Waals surface area contributed by atoms with Crippen LogP contribution in [0, 0.1) is 5.92 Å². The highest BCUT2D eigenvalue weighted by Gasteiger charge is 2.27. The highest BCUT2D eigenvalue weighted by atomic mass is 32.2. The average Bonchev–Trinajstić information content (AvgIpc) is 2.50. The molecule has 0 aromatic heterocycles. The number of hydrogen-bond donors (Lipinski definition) is 3. The summed E-state index contributed by atoms with van der Waals surface area (Å²) in [7, 11) is 0. The van der Waals surface area contributed by atoms with Crippen LogP contribution in [-0.2, 0) is 19.1 Å². The molecule has 4 amide bonds. The molecule has 0 spiro atoms. The fourth-order valence-corrected chi connectivity index (χ4v) is 2.52. The zero-order valence-electron chi connectivity index (χ0n) is 14.2. The van der Waals surface area contributed by atoms with E-state index in [9.17, 15) is 19.2 Å². The Morgan fingerprint density at radius 1 is 1.16 bits per heavy atom. The number of hydrogen-bond acceptors (Lipinski definition) is 6. The third kappa shape index (κ3) is 7.71. The molecule has 9 heteroatoms. The van der Waals surface area contributed by atoms with E-state index in [1.54, 1.807) is 38.1 Å². The number of carbonyl (C=O) groups excluding carboxylic acids is 4. The average molecular weight is 367 g/mol. The SMILES string of the molecule is CC(=O)Nc1ccc(SCC(=O)O[C@H](C(=O)NC(N)=O)C(C)C)cc1. The monoisotopic (exact) mass is 367 g/mol. The van der Waals surface area contributed by atoms with Gasteiger partial charge in [0.1, 0.15) is 0 Å². The summed E-state index contributed by atoms with van der Waals surface area (Å²) >= 11 is 1.22. The van der Waals surface area contributed by atoms with Crippen molar-refractivity contribution < 1.29 is 23.9 Å². The van der Waals surface area contributed by atoms with Gasteiger partial charge in [-0.05, 0) is 30.2 Å². The van der Waals surface area contributed by atoms with Crippen LogP contribution in [0.4, 0.5) is 10.5 Å². The summed E-state index contributed by atoms with van der Waals surface area (Å²) in [5, 5.41) is 4.55. The zero-order valence-corrected chi connectivity index (χ0v) is 15.0. The second-order valence-electron chi connectivity index (χ2n) is 5.50. The van der Waals surface area contributed by atoms with Crippen molar-refractivity contribution in [2.24, 2.45) is 11.7 Å². The predicted molar refractivity (Wildman–Crippen MR) is 93.9 cm³/mol. The first-order valence-corrected chi connectivity index (χ1v) is 8.48. The zero-order chi connectivity index (χ0) is 19.0. The summed E-state index contributed by atoms with van der Waals surface area (Å²) in [5.74, 6) is -1.83. The Balaban J connectivity index is 2.55. The minimum Gasteiger partial charge on any atom is -0.451 e. The maximum atomic E-state index is 11.9. The van der Waals surface area contributed by atoms with Gasteiger partial charge in [0.05, 0.1) is 5.75 Å². The van der Waals surface area contributed by atoms with Gasteiger partial charge in [0.25, 0.3) is 5.91 Å². The summed E-state index contributed by atoms with van der Waals surface area (Å²) in [6.07, 6.45) is -1.09. The number of benzene rings is 1. The van der Waals surface area contributed by atoms with Crippen LogP contribution >= 0.6 is 11.8 Å². The molecule has 1 atom stereocenters. The molecule has 0 aliphatic heterocycles. The quantitative estimate of drug-likeness (QED) is 0.495. The molecule has 0 bridgehead atoms. The van der Waals surface area contributed by atoms with Crippen molar-refractivity contribution in [2.75, 3.05) is 11.1 Å². The second kappa shape index (κ2) is 9.67. The third-order valence-electron chi connectivity index (χ3n) is 2.90. The van der Waals surface area contributed by atoms with E-state index in [-0.39, 0.29) is 17.6 Å². The molecule has 0 heterocycles. The van der Waals surface area contributed by atoms with Crippen LogP contribution in [0.15, 0.2) is 29.2 Å². The lowest BCUT2D eigenvalue weighted by Gasteiger charge is -2.19. The number of ether oxygens (including phenoxy) is 1. The largest absolute Gasteiger partial charge is 0.451 e. The number of thioether (sulfide) groups is 1. The summed E-state index contributed by atoms with van der Waals surface area (Å²) in [6.45, 7) is 4.79. The molecular weight excluding hydrogens is 346 g/mol. The maximum Gasteiger partial charge on any atom is 0.318 e. The molecule has 25 heavy (non-hydrogen) atoms. The van der Waals surface area contributed by atoms with Gasteiger partial charge in [0.15, 0.2) is 6.10 Å².